The second kappa shape index (κ2) is 43.4. The molecule has 4 radical (unpaired) electrons. The van der Waals surface area contributed by atoms with Crippen molar-refractivity contribution >= 4 is 5.78 Å². The van der Waals surface area contributed by atoms with Gasteiger partial charge in [-0.3, -0.25) is 4.79 Å². The van der Waals surface area contributed by atoms with Crippen molar-refractivity contribution < 1.29 is 90.3 Å². The van der Waals surface area contributed by atoms with Crippen molar-refractivity contribution in [2.75, 3.05) is 0 Å². The number of hydrogen-bond donors (Lipinski definition) is 1. The van der Waals surface area contributed by atoms with Crippen LogP contribution in [-0.2, 0) is 85.2 Å². The van der Waals surface area contributed by atoms with Crippen LogP contribution in [0.1, 0.15) is 52.8 Å². The van der Waals surface area contributed by atoms with Crippen LogP contribution < -0.4 is 0 Å². The molecule has 14 rings (SSSR count). The van der Waals surface area contributed by atoms with Gasteiger partial charge in [-0.2, -0.15) is 0 Å². The maximum atomic E-state index is 10.0. The number of allylic oxidation sites excluding steroid dienone is 2. The average molecular weight is 2040 g/mol. The Balaban J connectivity index is 0.000000223. The summed E-state index contributed by atoms with van der Waals surface area (Å²) in [6.45, 7) is 17.5. The van der Waals surface area contributed by atoms with Crippen molar-refractivity contribution in [3.8, 4) is 101 Å². The zero-order valence-corrected chi connectivity index (χ0v) is 67.9. The van der Waals surface area contributed by atoms with E-state index in [-0.39, 0.29) is 92.0 Å². The summed E-state index contributed by atoms with van der Waals surface area (Å²) < 4.78 is 0. The molecule has 0 aliphatic carbocycles. The summed E-state index contributed by atoms with van der Waals surface area (Å²) in [5.41, 5.74) is 28.0. The van der Waals surface area contributed by atoms with E-state index in [0.29, 0.717) is 0 Å². The molecule has 0 aliphatic rings. The molecule has 0 unspecified atom stereocenters. The summed E-state index contributed by atoms with van der Waals surface area (Å²) in [7, 11) is 0. The Bertz CT molecular complexity index is 4410. The summed E-state index contributed by atoms with van der Waals surface area (Å²) in [5.74, 6) is -0.0625. The molecule has 11 heteroatoms. The van der Waals surface area contributed by atoms with E-state index in [9.17, 15) is 4.79 Å². The number of carbonyl (C=O) groups is 1. The van der Waals surface area contributed by atoms with Gasteiger partial charge in [0.15, 0.2) is 5.78 Å². The number of aliphatic hydroxyl groups excluding tert-OH is 1. The van der Waals surface area contributed by atoms with Crippen LogP contribution >= 0.6 is 0 Å². The third kappa shape index (κ3) is 25.9. The number of ketones is 1. The SMILES string of the molecule is CC(=O)C=C(C)O.Cc1[c-]c(-c2cc(C)c(-c3ccccc3)cn2)cc(C)c1.Cc1[c-]c(-c2cc(C)c(-c3ccccc3)cn2)cc(C)c1.Cc1cccnc1-c1[c-]cccc1.[Ir].[Ir].[Ir].[Ir].[c-]1ccccc1-c1ccc(-c2ccccc2)cn1.[c-]1ccccc1-c1ccc(-c2ccccc2)cn1. The molecular formula is C91H78Ir4N5O2-5. The van der Waals surface area contributed by atoms with Gasteiger partial charge in [0.05, 0.1) is 5.76 Å². The monoisotopic (exact) mass is 2040 g/mol. The van der Waals surface area contributed by atoms with Crippen LogP contribution in [0.25, 0.3) is 101 Å². The summed E-state index contributed by atoms with van der Waals surface area (Å²) in [5, 5.41) is 8.36. The first-order valence-electron chi connectivity index (χ1n) is 32.4. The molecule has 520 valence electrons. The van der Waals surface area contributed by atoms with E-state index >= 15 is 0 Å². The molecule has 1 N–H and O–H groups in total. The third-order valence-electron chi connectivity index (χ3n) is 15.3. The van der Waals surface area contributed by atoms with Crippen molar-refractivity contribution in [1.82, 2.24) is 24.9 Å². The Labute approximate surface area is 657 Å². The number of aromatic nitrogens is 5. The molecule has 14 aromatic rings. The molecule has 0 spiro atoms. The van der Waals surface area contributed by atoms with Crippen molar-refractivity contribution in [3.05, 3.63) is 379 Å². The van der Waals surface area contributed by atoms with Gasteiger partial charge in [0, 0.05) is 129 Å². The number of aryl methyl sites for hydroxylation is 7. The largest absolute Gasteiger partial charge is 0.512 e. The smallest absolute Gasteiger partial charge is 0.155 e. The molecule has 9 aromatic carbocycles. The van der Waals surface area contributed by atoms with Gasteiger partial charge in [0.25, 0.3) is 0 Å². The van der Waals surface area contributed by atoms with Crippen LogP contribution in [0.15, 0.2) is 310 Å². The van der Waals surface area contributed by atoms with Gasteiger partial charge < -0.3 is 30.0 Å². The summed E-state index contributed by atoms with van der Waals surface area (Å²) in [4.78, 5) is 32.6. The second-order valence-electron chi connectivity index (χ2n) is 23.5. The fraction of sp³-hybridized carbons (Fsp3) is 0.0989. The predicted octanol–water partition coefficient (Wildman–Crippen LogP) is 22.6. The summed E-state index contributed by atoms with van der Waals surface area (Å²) in [6.07, 6.45) is 10.7. The van der Waals surface area contributed by atoms with Gasteiger partial charge in [-0.25, -0.2) is 0 Å². The molecule has 0 saturated heterocycles. The maximum Gasteiger partial charge on any atom is 0.155 e. The molecule has 5 aromatic heterocycles. The van der Waals surface area contributed by atoms with Crippen molar-refractivity contribution in [1.29, 1.82) is 0 Å². The predicted molar refractivity (Wildman–Crippen MR) is 405 cm³/mol. The summed E-state index contributed by atoms with van der Waals surface area (Å²) >= 11 is 0. The Kier molecular flexibility index (Phi) is 35.4. The van der Waals surface area contributed by atoms with Crippen LogP contribution in [0, 0.1) is 78.8 Å². The van der Waals surface area contributed by atoms with E-state index in [4.69, 9.17) is 5.11 Å². The maximum absolute atomic E-state index is 10.0. The van der Waals surface area contributed by atoms with Crippen LogP contribution in [0.4, 0.5) is 0 Å². The molecule has 5 heterocycles. The molecule has 102 heavy (non-hydrogen) atoms. The first-order chi connectivity index (χ1) is 47.6. The molecule has 0 fully saturated rings. The Hall–Kier alpha value is -9.46. The van der Waals surface area contributed by atoms with Crippen LogP contribution in [0.3, 0.4) is 0 Å². The fourth-order valence-electron chi connectivity index (χ4n) is 10.7. The zero-order valence-electron chi connectivity index (χ0n) is 58.3. The minimum Gasteiger partial charge on any atom is -0.512 e. The van der Waals surface area contributed by atoms with Crippen LogP contribution in [0.5, 0.6) is 0 Å². The Morgan fingerprint density at radius 3 is 1.00 bits per heavy atom. The molecule has 0 amide bonds. The first-order valence-corrected chi connectivity index (χ1v) is 32.4. The van der Waals surface area contributed by atoms with Gasteiger partial charge in [0.2, 0.25) is 0 Å². The number of rotatable bonds is 10. The second-order valence-corrected chi connectivity index (χ2v) is 23.5. The Morgan fingerprint density at radius 1 is 0.333 bits per heavy atom. The van der Waals surface area contributed by atoms with Crippen molar-refractivity contribution in [2.45, 2.75) is 62.3 Å². The number of hydrogen-bond acceptors (Lipinski definition) is 7. The third-order valence-corrected chi connectivity index (χ3v) is 15.3. The van der Waals surface area contributed by atoms with E-state index in [1.165, 1.54) is 81.1 Å². The number of aliphatic hydroxyl groups is 1. The van der Waals surface area contributed by atoms with E-state index in [1.807, 2.05) is 171 Å². The molecule has 0 aliphatic heterocycles. The molecule has 0 atom stereocenters. The topological polar surface area (TPSA) is 102 Å². The number of carbonyl (C=O) groups excluding carboxylic acids is 1. The van der Waals surface area contributed by atoms with Gasteiger partial charge in [-0.15, -0.1) is 177 Å². The van der Waals surface area contributed by atoms with Gasteiger partial charge in [-0.1, -0.05) is 197 Å². The van der Waals surface area contributed by atoms with Gasteiger partial charge in [-0.05, 0) is 114 Å². The van der Waals surface area contributed by atoms with Crippen LogP contribution in [0.2, 0.25) is 0 Å². The summed E-state index contributed by atoms with van der Waals surface area (Å²) in [6, 6.07) is 106. The van der Waals surface area contributed by atoms with Crippen molar-refractivity contribution in [2.24, 2.45) is 0 Å². The van der Waals surface area contributed by atoms with E-state index in [1.54, 1.807) is 0 Å². The number of nitrogens with zero attached hydrogens (tertiary/aromatic N) is 5. The molecule has 0 saturated carbocycles. The standard InChI is InChI=1S/2C20H18N.2C17H12N.C12H10N.C5H8O2.4Ir/c2*1-14-9-15(2)11-18(10-14)20-12-16(3)19(13-21-20)17-7-5-4-6-8-17;2*1-3-7-14(8-4-1)16-11-12-17(18-13-16)15-9-5-2-6-10-15;1-10-6-5-9-13-12(10)11-7-3-2-4-8-11;1-4(6)3-5(2)7;;;;/h2*4-10,12-13H,1-3H3;2*1-9,11-13H;2-7,9H,1H3;3,6H,1-2H3;;;;/q5*-1;;;;;. The fourth-order valence-corrected chi connectivity index (χ4v) is 10.7. The first kappa shape index (κ1) is 83.2. The minimum atomic E-state index is -0.125. The van der Waals surface area contributed by atoms with E-state index in [0.717, 1.165) is 78.5 Å². The molecular weight excluding hydrogens is 1960 g/mol. The number of pyridine rings is 5. The van der Waals surface area contributed by atoms with Crippen LogP contribution in [-0.4, -0.2) is 35.8 Å². The van der Waals surface area contributed by atoms with Crippen molar-refractivity contribution in [3.63, 3.8) is 0 Å². The molecule has 7 nitrogen and oxygen atoms in total. The van der Waals surface area contributed by atoms with E-state index < -0.39 is 0 Å². The Morgan fingerprint density at radius 2 is 0.696 bits per heavy atom. The quantitative estimate of drug-likeness (QED) is 0.0827. The van der Waals surface area contributed by atoms with E-state index in [2.05, 4.69) is 231 Å². The average Bonchev–Trinajstić information content (AvgIpc) is 0.815. The normalized spacial score (nSPS) is 10.0. The number of benzene rings is 9. The van der Waals surface area contributed by atoms with Gasteiger partial charge >= 0.3 is 0 Å². The van der Waals surface area contributed by atoms with Gasteiger partial charge in [0.1, 0.15) is 0 Å². The minimum absolute atomic E-state index is 0. The molecule has 0 bridgehead atoms. The zero-order chi connectivity index (χ0) is 69.0.